The zero-order valence-corrected chi connectivity index (χ0v) is 30.3. The minimum absolute atomic E-state index is 0.714. The molecule has 0 N–H and O–H groups in total. The van der Waals surface area contributed by atoms with Crippen molar-refractivity contribution in [1.82, 2.24) is 14.5 Å². The average molecular weight is 716 g/mol. The molecule has 0 aliphatic rings. The summed E-state index contributed by atoms with van der Waals surface area (Å²) in [6.45, 7) is 0. The van der Waals surface area contributed by atoms with Gasteiger partial charge in [0, 0.05) is 49.5 Å². The molecular formula is C52H33N3O. The average Bonchev–Trinajstić information content (AvgIpc) is 3.83. The number of para-hydroxylation sites is 3. The molecule has 0 radical (unpaired) electrons. The topological polar surface area (TPSA) is 43.9 Å². The summed E-state index contributed by atoms with van der Waals surface area (Å²) >= 11 is 0. The lowest BCUT2D eigenvalue weighted by Gasteiger charge is -2.11. The van der Waals surface area contributed by atoms with Gasteiger partial charge < -0.3 is 8.98 Å². The lowest BCUT2D eigenvalue weighted by molar-refractivity contribution is 0.670. The van der Waals surface area contributed by atoms with Crippen molar-refractivity contribution in [3.05, 3.63) is 200 Å². The summed E-state index contributed by atoms with van der Waals surface area (Å²) in [6.07, 6.45) is 0. The monoisotopic (exact) mass is 715 g/mol. The standard InChI is InChI=1S/C52H33N3O/c1-3-12-36(13-4-1)46-33-47(54-52(53-46)38-14-5-2-6-15-38)37-24-22-34(23-25-37)39-28-31-49-45(32-39)42-16-7-9-20-48(42)55(49)40-29-26-35(27-30-40)41-18-11-19-44-43-17-8-10-21-50(43)56-51(41)44/h1-33H. The van der Waals surface area contributed by atoms with Gasteiger partial charge in [0.2, 0.25) is 0 Å². The highest BCUT2D eigenvalue weighted by Gasteiger charge is 2.16. The van der Waals surface area contributed by atoms with Crippen molar-refractivity contribution in [3.63, 3.8) is 0 Å². The summed E-state index contributed by atoms with van der Waals surface area (Å²) in [4.78, 5) is 10.00. The summed E-state index contributed by atoms with van der Waals surface area (Å²) in [6, 6.07) is 70.3. The molecule has 0 bridgehead atoms. The second kappa shape index (κ2) is 13.1. The molecule has 0 amide bonds. The van der Waals surface area contributed by atoms with Crippen LogP contribution in [0, 0.1) is 0 Å². The highest BCUT2D eigenvalue weighted by Crippen LogP contribution is 2.38. The smallest absolute Gasteiger partial charge is 0.160 e. The first-order valence-electron chi connectivity index (χ1n) is 18.9. The highest BCUT2D eigenvalue weighted by atomic mass is 16.3. The van der Waals surface area contributed by atoms with Crippen molar-refractivity contribution in [2.75, 3.05) is 0 Å². The molecule has 11 rings (SSSR count). The summed E-state index contributed by atoms with van der Waals surface area (Å²) in [5.74, 6) is 0.714. The number of hydrogen-bond donors (Lipinski definition) is 0. The van der Waals surface area contributed by atoms with Crippen LogP contribution in [0.2, 0.25) is 0 Å². The molecule has 0 saturated carbocycles. The van der Waals surface area contributed by atoms with Crippen molar-refractivity contribution in [2.24, 2.45) is 0 Å². The number of aromatic nitrogens is 3. The molecule has 0 aliphatic heterocycles. The maximum atomic E-state index is 6.36. The third-order valence-corrected chi connectivity index (χ3v) is 10.9. The van der Waals surface area contributed by atoms with Crippen LogP contribution in [-0.2, 0) is 0 Å². The van der Waals surface area contributed by atoms with Gasteiger partial charge in [-0.3, -0.25) is 0 Å². The van der Waals surface area contributed by atoms with Crippen LogP contribution in [-0.4, -0.2) is 14.5 Å². The van der Waals surface area contributed by atoms with Crippen LogP contribution in [0.25, 0.3) is 106 Å². The molecule has 262 valence electrons. The third kappa shape index (κ3) is 5.39. The Morgan fingerprint density at radius 2 is 0.929 bits per heavy atom. The Labute approximate surface area is 323 Å². The van der Waals surface area contributed by atoms with Gasteiger partial charge in [-0.25, -0.2) is 9.97 Å². The van der Waals surface area contributed by atoms with Crippen molar-refractivity contribution in [1.29, 1.82) is 0 Å². The zero-order chi connectivity index (χ0) is 37.0. The van der Waals surface area contributed by atoms with E-state index in [0.717, 1.165) is 72.4 Å². The van der Waals surface area contributed by atoms with Crippen LogP contribution < -0.4 is 0 Å². The van der Waals surface area contributed by atoms with Crippen LogP contribution >= 0.6 is 0 Å². The molecule has 4 nitrogen and oxygen atoms in total. The lowest BCUT2D eigenvalue weighted by atomic mass is 10.00. The Bertz CT molecular complexity index is 3160. The lowest BCUT2D eigenvalue weighted by Crippen LogP contribution is -1.95. The number of benzene rings is 8. The Morgan fingerprint density at radius 1 is 0.357 bits per heavy atom. The Balaban J connectivity index is 0.955. The van der Waals surface area contributed by atoms with Gasteiger partial charge in [-0.15, -0.1) is 0 Å². The molecule has 56 heavy (non-hydrogen) atoms. The van der Waals surface area contributed by atoms with E-state index >= 15 is 0 Å². The van der Waals surface area contributed by atoms with Gasteiger partial charge in [0.05, 0.1) is 22.4 Å². The molecule has 0 saturated heterocycles. The van der Waals surface area contributed by atoms with Crippen LogP contribution in [0.15, 0.2) is 205 Å². The van der Waals surface area contributed by atoms with Crippen LogP contribution in [0.5, 0.6) is 0 Å². The van der Waals surface area contributed by atoms with E-state index in [9.17, 15) is 0 Å². The maximum absolute atomic E-state index is 6.36. The van der Waals surface area contributed by atoms with E-state index in [-0.39, 0.29) is 0 Å². The first kappa shape index (κ1) is 31.9. The number of fused-ring (bicyclic) bond motifs is 6. The molecule has 11 aromatic rings. The Kier molecular flexibility index (Phi) is 7.46. The van der Waals surface area contributed by atoms with Crippen molar-refractivity contribution in [2.45, 2.75) is 0 Å². The van der Waals surface area contributed by atoms with Crippen molar-refractivity contribution < 1.29 is 4.42 Å². The predicted octanol–water partition coefficient (Wildman–Crippen LogP) is 13.8. The summed E-state index contributed by atoms with van der Waals surface area (Å²) in [5.41, 5.74) is 14.7. The van der Waals surface area contributed by atoms with E-state index in [1.165, 1.54) is 27.4 Å². The van der Waals surface area contributed by atoms with Crippen molar-refractivity contribution in [3.8, 4) is 61.8 Å². The van der Waals surface area contributed by atoms with E-state index in [1.54, 1.807) is 0 Å². The van der Waals surface area contributed by atoms with Crippen molar-refractivity contribution >= 4 is 43.7 Å². The highest BCUT2D eigenvalue weighted by molar-refractivity contribution is 6.11. The van der Waals surface area contributed by atoms with Crippen LogP contribution in [0.3, 0.4) is 0 Å². The van der Waals surface area contributed by atoms with E-state index < -0.39 is 0 Å². The molecule has 0 fully saturated rings. The van der Waals surface area contributed by atoms with Crippen LogP contribution in [0.1, 0.15) is 0 Å². The van der Waals surface area contributed by atoms with Gasteiger partial charge in [0.1, 0.15) is 11.2 Å². The van der Waals surface area contributed by atoms with Crippen LogP contribution in [0.4, 0.5) is 0 Å². The van der Waals surface area contributed by atoms with Gasteiger partial charge in [-0.1, -0.05) is 158 Å². The van der Waals surface area contributed by atoms with Gasteiger partial charge in [-0.05, 0) is 59.2 Å². The summed E-state index contributed by atoms with van der Waals surface area (Å²) in [5, 5.41) is 4.72. The third-order valence-electron chi connectivity index (χ3n) is 10.9. The number of rotatable bonds is 6. The van der Waals surface area contributed by atoms with Gasteiger partial charge in [-0.2, -0.15) is 0 Å². The Hall–Kier alpha value is -7.56. The minimum atomic E-state index is 0.714. The first-order valence-corrected chi connectivity index (χ1v) is 18.9. The molecule has 3 heterocycles. The van der Waals surface area contributed by atoms with E-state index in [0.29, 0.717) is 5.82 Å². The van der Waals surface area contributed by atoms with E-state index in [1.807, 2.05) is 48.5 Å². The Morgan fingerprint density at radius 3 is 1.70 bits per heavy atom. The fourth-order valence-electron chi connectivity index (χ4n) is 8.10. The first-order chi connectivity index (χ1) is 27.7. The minimum Gasteiger partial charge on any atom is -0.455 e. The normalized spacial score (nSPS) is 11.6. The number of nitrogens with zero attached hydrogens (tertiary/aromatic N) is 3. The maximum Gasteiger partial charge on any atom is 0.160 e. The molecule has 4 heteroatoms. The molecule has 0 spiro atoms. The molecule has 0 atom stereocenters. The van der Waals surface area contributed by atoms with E-state index in [2.05, 4.69) is 156 Å². The molecule has 0 unspecified atom stereocenters. The SMILES string of the molecule is c1ccc(-c2cc(-c3ccc(-c4ccc5c(c4)c4ccccc4n5-c4ccc(-c5cccc6c5oc5ccccc56)cc4)cc3)nc(-c3ccccc3)n2)cc1. The molecular weight excluding hydrogens is 683 g/mol. The summed E-state index contributed by atoms with van der Waals surface area (Å²) in [7, 11) is 0. The number of furan rings is 1. The zero-order valence-electron chi connectivity index (χ0n) is 30.3. The largest absolute Gasteiger partial charge is 0.455 e. The predicted molar refractivity (Wildman–Crippen MR) is 231 cm³/mol. The van der Waals surface area contributed by atoms with E-state index in [4.69, 9.17) is 14.4 Å². The second-order valence-electron chi connectivity index (χ2n) is 14.2. The quantitative estimate of drug-likeness (QED) is 0.172. The summed E-state index contributed by atoms with van der Waals surface area (Å²) < 4.78 is 8.73. The fraction of sp³-hybridized carbons (Fsp3) is 0. The van der Waals surface area contributed by atoms with Gasteiger partial charge >= 0.3 is 0 Å². The second-order valence-corrected chi connectivity index (χ2v) is 14.2. The molecule has 3 aromatic heterocycles. The fourth-order valence-corrected chi connectivity index (χ4v) is 8.10. The molecule has 8 aromatic carbocycles. The van der Waals surface area contributed by atoms with Gasteiger partial charge in [0.25, 0.3) is 0 Å². The van der Waals surface area contributed by atoms with Gasteiger partial charge in [0.15, 0.2) is 5.82 Å². The molecule has 0 aliphatic carbocycles. The number of hydrogen-bond acceptors (Lipinski definition) is 3.